The van der Waals surface area contributed by atoms with E-state index in [4.69, 9.17) is 37.9 Å². The third kappa shape index (κ3) is 16.4. The maximum atomic E-state index is 12.0. The zero-order valence-electron chi connectivity index (χ0n) is 28.2. The van der Waals surface area contributed by atoms with Crippen LogP contribution < -0.4 is 20.9 Å². The molecule has 0 aromatic heterocycles. The first-order valence-corrected chi connectivity index (χ1v) is 15.5. The van der Waals surface area contributed by atoms with E-state index < -0.39 is 66.5 Å². The van der Waals surface area contributed by atoms with Gasteiger partial charge in [-0.1, -0.05) is 12.1 Å². The van der Waals surface area contributed by atoms with Crippen LogP contribution in [0.1, 0.15) is 40.2 Å². The lowest BCUT2D eigenvalue weighted by atomic mass is 9.96. The molecule has 0 saturated carbocycles. The number of ether oxygens (including phenoxy) is 9. The van der Waals surface area contributed by atoms with Crippen molar-refractivity contribution in [2.45, 2.75) is 71.7 Å². The summed E-state index contributed by atoms with van der Waals surface area (Å²) in [7, 11) is 0. The molecule has 18 heteroatoms. The molecular weight excluding hydrogens is 654 g/mol. The van der Waals surface area contributed by atoms with Gasteiger partial charge in [0.15, 0.2) is 18.5 Å². The maximum Gasteiger partial charge on any atom is 0.426 e. The van der Waals surface area contributed by atoms with Crippen LogP contribution in [-0.4, -0.2) is 119 Å². The highest BCUT2D eigenvalue weighted by Gasteiger charge is 2.51. The van der Waals surface area contributed by atoms with Gasteiger partial charge in [-0.25, -0.2) is 10.2 Å². The van der Waals surface area contributed by atoms with Gasteiger partial charge in [0.2, 0.25) is 11.8 Å². The van der Waals surface area contributed by atoms with Gasteiger partial charge in [-0.05, 0) is 24.6 Å². The van der Waals surface area contributed by atoms with E-state index in [-0.39, 0.29) is 59.3 Å². The van der Waals surface area contributed by atoms with Crippen LogP contribution in [-0.2, 0) is 68.3 Å². The Kier molecular flexibility index (Phi) is 18.4. The van der Waals surface area contributed by atoms with Gasteiger partial charge >= 0.3 is 24.0 Å². The quantitative estimate of drug-likeness (QED) is 0.0754. The van der Waals surface area contributed by atoms with Crippen molar-refractivity contribution < 1.29 is 71.4 Å². The average Bonchev–Trinajstić information content (AvgIpc) is 3.02. The van der Waals surface area contributed by atoms with Gasteiger partial charge in [0.05, 0.1) is 46.1 Å². The molecule has 1 fully saturated rings. The Labute approximate surface area is 283 Å². The molecule has 49 heavy (non-hydrogen) atoms. The largest absolute Gasteiger partial charge is 0.491 e. The molecule has 1 heterocycles. The summed E-state index contributed by atoms with van der Waals surface area (Å²) in [6, 6.07) is 5.79. The van der Waals surface area contributed by atoms with Crippen molar-refractivity contribution in [2.24, 2.45) is 0 Å². The van der Waals surface area contributed by atoms with E-state index in [1.54, 1.807) is 31.2 Å². The Morgan fingerprint density at radius 1 is 0.735 bits per heavy atom. The average molecular weight is 700 g/mol. The first-order chi connectivity index (χ1) is 23.4. The first-order valence-electron chi connectivity index (χ1n) is 15.5. The molecule has 1 aromatic rings. The van der Waals surface area contributed by atoms with Crippen molar-refractivity contribution in [1.82, 2.24) is 16.2 Å². The summed E-state index contributed by atoms with van der Waals surface area (Å²) >= 11 is 0. The molecule has 2 rings (SSSR count). The number of hydrogen-bond donors (Lipinski definition) is 3. The number of benzene rings is 1. The molecule has 1 aliphatic heterocycles. The summed E-state index contributed by atoms with van der Waals surface area (Å²) < 4.78 is 48.9. The monoisotopic (exact) mass is 699 g/mol. The fourth-order valence-corrected chi connectivity index (χ4v) is 4.42. The molecule has 274 valence electrons. The highest BCUT2D eigenvalue weighted by atomic mass is 16.7. The third-order valence-corrected chi connectivity index (χ3v) is 6.32. The maximum absolute atomic E-state index is 12.0. The lowest BCUT2D eigenvalue weighted by molar-refractivity contribution is -0.279. The molecule has 18 nitrogen and oxygen atoms in total. The number of amides is 3. The Bertz CT molecular complexity index is 1230. The molecule has 0 radical (unpaired) electrons. The van der Waals surface area contributed by atoms with E-state index in [9.17, 15) is 28.8 Å². The molecule has 3 amide bonds. The van der Waals surface area contributed by atoms with Gasteiger partial charge in [0, 0.05) is 27.7 Å². The summed E-state index contributed by atoms with van der Waals surface area (Å²) in [5.74, 6) is -2.34. The van der Waals surface area contributed by atoms with Crippen LogP contribution in [0.2, 0.25) is 0 Å². The van der Waals surface area contributed by atoms with Gasteiger partial charge in [-0.3, -0.25) is 29.4 Å². The number of hydrogen-bond acceptors (Lipinski definition) is 15. The Balaban J connectivity index is 1.74. The summed E-state index contributed by atoms with van der Waals surface area (Å²) in [6.07, 6.45) is -5.38. The Morgan fingerprint density at radius 3 is 1.94 bits per heavy atom. The predicted molar refractivity (Wildman–Crippen MR) is 166 cm³/mol. The minimum absolute atomic E-state index is 0.00522. The normalized spacial score (nSPS) is 19.9. The first kappa shape index (κ1) is 40.7. The smallest absolute Gasteiger partial charge is 0.426 e. The van der Waals surface area contributed by atoms with E-state index in [2.05, 4.69) is 20.9 Å². The standard InChI is InChI=1S/C31H45N3O15/c1-6-43-31(40)34-33-26(39)17-23-7-9-24(10-8-23)44-15-13-41-11-12-42-14-16-45-30-27(32-19(2)35)29(48-22(5)38)28(47-21(4)37)25(49-30)18-46-20(3)36/h7-10,25,27-30H,6,11-18H2,1-5H3,(H,32,35)(H,33,39)(H,34,40)/t25?,27?,28-,29+,30+/m0/s1. The van der Waals surface area contributed by atoms with Crippen molar-refractivity contribution >= 4 is 35.8 Å². The summed E-state index contributed by atoms with van der Waals surface area (Å²) in [6.45, 7) is 7.38. The molecule has 1 aromatic carbocycles. The predicted octanol–water partition coefficient (Wildman–Crippen LogP) is 0.0911. The zero-order valence-corrected chi connectivity index (χ0v) is 28.2. The number of esters is 3. The van der Waals surface area contributed by atoms with Crippen LogP contribution in [0.4, 0.5) is 4.79 Å². The summed E-state index contributed by atoms with van der Waals surface area (Å²) in [5.41, 5.74) is 5.11. The van der Waals surface area contributed by atoms with Crippen LogP contribution in [0.5, 0.6) is 5.75 Å². The van der Waals surface area contributed by atoms with E-state index >= 15 is 0 Å². The number of hydrazine groups is 1. The van der Waals surface area contributed by atoms with Gasteiger partial charge < -0.3 is 47.9 Å². The topological polar surface area (TPSA) is 222 Å². The molecule has 0 spiro atoms. The van der Waals surface area contributed by atoms with Crippen LogP contribution in [0, 0.1) is 0 Å². The molecular formula is C31H45N3O15. The van der Waals surface area contributed by atoms with Crippen molar-refractivity contribution in [2.75, 3.05) is 52.9 Å². The molecule has 2 unspecified atom stereocenters. The van der Waals surface area contributed by atoms with E-state index in [1.807, 2.05) is 0 Å². The van der Waals surface area contributed by atoms with Crippen LogP contribution in [0.3, 0.4) is 0 Å². The number of carbonyl (C=O) groups excluding carboxylic acids is 6. The van der Waals surface area contributed by atoms with Gasteiger partial charge in [0.25, 0.3) is 0 Å². The molecule has 0 bridgehead atoms. The van der Waals surface area contributed by atoms with Crippen molar-refractivity contribution in [3.05, 3.63) is 29.8 Å². The van der Waals surface area contributed by atoms with Crippen molar-refractivity contribution in [3.8, 4) is 5.75 Å². The fraction of sp³-hybridized carbons (Fsp3) is 0.613. The molecule has 1 aliphatic rings. The lowest BCUT2D eigenvalue weighted by Gasteiger charge is -2.44. The van der Waals surface area contributed by atoms with Gasteiger partial charge in [0.1, 0.15) is 31.1 Å². The Morgan fingerprint density at radius 2 is 1.35 bits per heavy atom. The Hall–Kier alpha value is -4.52. The van der Waals surface area contributed by atoms with Crippen molar-refractivity contribution in [3.63, 3.8) is 0 Å². The van der Waals surface area contributed by atoms with Crippen molar-refractivity contribution in [1.29, 1.82) is 0 Å². The minimum Gasteiger partial charge on any atom is -0.491 e. The van der Waals surface area contributed by atoms with Crippen LogP contribution >= 0.6 is 0 Å². The van der Waals surface area contributed by atoms with E-state index in [0.29, 0.717) is 11.3 Å². The minimum atomic E-state index is -1.22. The van der Waals surface area contributed by atoms with Crippen LogP contribution in [0.15, 0.2) is 24.3 Å². The SMILES string of the molecule is CCOC(=O)NNC(=O)Cc1ccc(OCCOCCOCCO[C@@H]2OC(COC(C)=O)[C@H](OC(C)=O)[C@H](OC(C)=O)C2NC(C)=O)cc1. The lowest BCUT2D eigenvalue weighted by Crippen LogP contribution is -2.66. The summed E-state index contributed by atoms with van der Waals surface area (Å²) in [4.78, 5) is 70.4. The second-order valence-corrected chi connectivity index (χ2v) is 10.4. The molecule has 1 saturated heterocycles. The third-order valence-electron chi connectivity index (χ3n) is 6.32. The second kappa shape index (κ2) is 22.2. The second-order valence-electron chi connectivity index (χ2n) is 10.4. The number of nitrogens with one attached hydrogen (secondary N) is 3. The van der Waals surface area contributed by atoms with E-state index in [1.165, 1.54) is 13.8 Å². The highest BCUT2D eigenvalue weighted by molar-refractivity contribution is 5.81. The van der Waals surface area contributed by atoms with Gasteiger partial charge in [-0.15, -0.1) is 0 Å². The summed E-state index contributed by atoms with van der Waals surface area (Å²) in [5, 5.41) is 2.62. The van der Waals surface area contributed by atoms with Gasteiger partial charge in [-0.2, -0.15) is 0 Å². The molecule has 3 N–H and O–H groups in total. The molecule has 0 aliphatic carbocycles. The fourth-order valence-electron chi connectivity index (χ4n) is 4.42. The highest BCUT2D eigenvalue weighted by Crippen LogP contribution is 2.28. The number of carbonyl (C=O) groups is 6. The number of rotatable bonds is 19. The zero-order chi connectivity index (χ0) is 36.2. The van der Waals surface area contributed by atoms with E-state index in [0.717, 1.165) is 13.8 Å². The molecule has 5 atom stereocenters. The van der Waals surface area contributed by atoms with Crippen LogP contribution in [0.25, 0.3) is 0 Å².